The molecule has 3 fully saturated rings. The Hall–Kier alpha value is -2.46. The van der Waals surface area contributed by atoms with Crippen LogP contribution in [0.3, 0.4) is 0 Å². The quantitative estimate of drug-likeness (QED) is 0.556. The van der Waals surface area contributed by atoms with Crippen LogP contribution in [-0.4, -0.2) is 121 Å². The molecule has 1 atom stereocenters. The number of phenolic OH excluding ortho intramolecular Hbond substituents is 1. The number of hydrogen-bond acceptors (Lipinski definition) is 9. The molecule has 4 aliphatic rings. The summed E-state index contributed by atoms with van der Waals surface area (Å²) >= 11 is 0. The Morgan fingerprint density at radius 3 is 2.47 bits per heavy atom. The summed E-state index contributed by atoms with van der Waals surface area (Å²) in [4.78, 5) is 10.5. The maximum absolute atomic E-state index is 10.3. The highest BCUT2D eigenvalue weighted by atomic mass is 16.3. The number of aromatic hydroxyl groups is 1. The lowest BCUT2D eigenvalue weighted by Crippen LogP contribution is -2.61. The van der Waals surface area contributed by atoms with E-state index >= 15 is 0 Å². The van der Waals surface area contributed by atoms with E-state index in [2.05, 4.69) is 46.5 Å². The van der Waals surface area contributed by atoms with Crippen molar-refractivity contribution in [1.82, 2.24) is 30.2 Å². The van der Waals surface area contributed by atoms with Crippen LogP contribution < -0.4 is 15.5 Å². The van der Waals surface area contributed by atoms with E-state index in [1.807, 2.05) is 18.2 Å². The van der Waals surface area contributed by atoms with Crippen LogP contribution in [0.15, 0.2) is 30.3 Å². The zero-order valence-electron chi connectivity index (χ0n) is 21.3. The number of anilines is 2. The first kappa shape index (κ1) is 23.9. The van der Waals surface area contributed by atoms with E-state index in [-0.39, 0.29) is 5.75 Å². The van der Waals surface area contributed by atoms with Crippen LogP contribution in [0.4, 0.5) is 11.5 Å². The number of rotatable bonds is 6. The van der Waals surface area contributed by atoms with Gasteiger partial charge in [0, 0.05) is 64.0 Å². The lowest BCUT2D eigenvalue weighted by molar-refractivity contribution is 0.0898. The number of nitrogens with one attached hydrogen (secondary N) is 2. The fraction of sp³-hybridized carbons (Fsp3) is 0.630. The fourth-order valence-corrected chi connectivity index (χ4v) is 6.43. The maximum Gasteiger partial charge on any atom is 0.172 e. The third-order valence-electron chi connectivity index (χ3n) is 8.51. The lowest BCUT2D eigenvalue weighted by Gasteiger charge is -2.49. The predicted octanol–water partition coefficient (Wildman–Crippen LogP) is 1.53. The van der Waals surface area contributed by atoms with Gasteiger partial charge in [0.1, 0.15) is 5.75 Å². The molecular weight excluding hydrogens is 452 g/mol. The van der Waals surface area contributed by atoms with Crippen molar-refractivity contribution < 1.29 is 5.11 Å². The summed E-state index contributed by atoms with van der Waals surface area (Å²) in [6.07, 6.45) is 3.86. The fourth-order valence-electron chi connectivity index (χ4n) is 6.43. The highest BCUT2D eigenvalue weighted by molar-refractivity contribution is 5.76. The number of likely N-dealkylation sites (tertiary alicyclic amines) is 1. The third-order valence-corrected chi connectivity index (χ3v) is 8.51. The van der Waals surface area contributed by atoms with Crippen molar-refractivity contribution >= 4 is 11.5 Å². The van der Waals surface area contributed by atoms with Crippen LogP contribution in [0, 0.1) is 0 Å². The second kappa shape index (κ2) is 10.9. The normalized spacial score (nSPS) is 24.2. The van der Waals surface area contributed by atoms with Gasteiger partial charge in [0.25, 0.3) is 0 Å². The topological polar surface area (TPSA) is 83.0 Å². The van der Waals surface area contributed by atoms with Gasteiger partial charge in [-0.05, 0) is 63.6 Å². The molecule has 6 rings (SSSR count). The molecule has 5 heterocycles. The van der Waals surface area contributed by atoms with Gasteiger partial charge in [0.15, 0.2) is 5.82 Å². The summed E-state index contributed by atoms with van der Waals surface area (Å²) in [5.74, 6) is 1.10. The molecule has 0 saturated carbocycles. The highest BCUT2D eigenvalue weighted by Gasteiger charge is 2.36. The van der Waals surface area contributed by atoms with Crippen LogP contribution in [-0.2, 0) is 0 Å². The van der Waals surface area contributed by atoms with E-state index in [0.717, 1.165) is 62.0 Å². The first-order valence-corrected chi connectivity index (χ1v) is 13.8. The third kappa shape index (κ3) is 5.16. The van der Waals surface area contributed by atoms with Crippen molar-refractivity contribution in [3.63, 3.8) is 0 Å². The van der Waals surface area contributed by atoms with Gasteiger partial charge >= 0.3 is 0 Å². The molecule has 1 aromatic heterocycles. The van der Waals surface area contributed by atoms with Gasteiger partial charge in [-0.1, -0.05) is 12.1 Å². The van der Waals surface area contributed by atoms with Gasteiger partial charge in [-0.3, -0.25) is 4.90 Å². The van der Waals surface area contributed by atoms with Crippen molar-refractivity contribution in [2.75, 3.05) is 88.8 Å². The minimum Gasteiger partial charge on any atom is -0.507 e. The maximum atomic E-state index is 10.3. The smallest absolute Gasteiger partial charge is 0.172 e. The van der Waals surface area contributed by atoms with Crippen LogP contribution in [0.25, 0.3) is 11.3 Å². The summed E-state index contributed by atoms with van der Waals surface area (Å²) in [5.41, 5.74) is 2.56. The van der Waals surface area contributed by atoms with E-state index < -0.39 is 0 Å². The van der Waals surface area contributed by atoms with Crippen LogP contribution in [0.1, 0.15) is 19.3 Å². The summed E-state index contributed by atoms with van der Waals surface area (Å²) in [5, 5.41) is 26.1. The molecule has 194 valence electrons. The first-order chi connectivity index (χ1) is 17.7. The minimum atomic E-state index is 0.243. The van der Waals surface area contributed by atoms with E-state index in [1.54, 1.807) is 6.07 Å². The van der Waals surface area contributed by atoms with E-state index in [0.29, 0.717) is 12.1 Å². The molecule has 0 amide bonds. The minimum absolute atomic E-state index is 0.243. The summed E-state index contributed by atoms with van der Waals surface area (Å²) < 4.78 is 0. The largest absolute Gasteiger partial charge is 0.507 e. The number of piperidine rings is 1. The number of hydrogen-bond donors (Lipinski definition) is 3. The average molecular weight is 493 g/mol. The molecule has 3 saturated heterocycles. The molecule has 2 aromatic rings. The van der Waals surface area contributed by atoms with Crippen molar-refractivity contribution in [2.45, 2.75) is 31.3 Å². The molecule has 4 aliphatic heterocycles. The molecule has 0 radical (unpaired) electrons. The highest BCUT2D eigenvalue weighted by Crippen LogP contribution is 2.36. The number of fused-ring (bicyclic) bond motifs is 3. The molecule has 0 unspecified atom stereocenters. The number of benzene rings is 1. The van der Waals surface area contributed by atoms with Crippen molar-refractivity contribution in [1.29, 1.82) is 0 Å². The SMILES string of the molecule is Oc1ccccc1-c1cc2c(nn1)NC[C@H]1CN(C3CCN(CCCN4CCNCC4)CC3)CCN21. The average Bonchev–Trinajstić information content (AvgIpc) is 2.94. The standard InChI is InChI=1S/C27H40N8O/c36-26-5-2-1-4-23(26)24-18-25-27(31-30-24)29-19-22-20-34(16-17-35(22)25)21-6-12-32(13-7-21)10-3-11-33-14-8-28-9-15-33/h1-2,4-5,18,21-22,28,36H,3,6-17,19-20H2,(H,29,31)/t22-/m0/s1. The van der Waals surface area contributed by atoms with Gasteiger partial charge in [0.2, 0.25) is 0 Å². The van der Waals surface area contributed by atoms with E-state index in [1.165, 1.54) is 58.5 Å². The molecule has 36 heavy (non-hydrogen) atoms. The van der Waals surface area contributed by atoms with Gasteiger partial charge in [-0.15, -0.1) is 10.2 Å². The molecule has 1 aromatic carbocycles. The summed E-state index contributed by atoms with van der Waals surface area (Å²) in [6, 6.07) is 10.6. The molecular formula is C27H40N8O. The zero-order valence-corrected chi connectivity index (χ0v) is 21.3. The van der Waals surface area contributed by atoms with Crippen LogP contribution in [0.2, 0.25) is 0 Å². The van der Waals surface area contributed by atoms with Gasteiger partial charge < -0.3 is 30.4 Å². The molecule has 9 nitrogen and oxygen atoms in total. The Morgan fingerprint density at radius 2 is 1.67 bits per heavy atom. The molecule has 9 heteroatoms. The van der Waals surface area contributed by atoms with Gasteiger partial charge in [-0.2, -0.15) is 0 Å². The lowest BCUT2D eigenvalue weighted by atomic mass is 9.99. The Bertz CT molecular complexity index is 1020. The number of nitrogens with zero attached hydrogens (tertiary/aromatic N) is 6. The molecule has 0 bridgehead atoms. The van der Waals surface area contributed by atoms with Crippen molar-refractivity contribution in [3.05, 3.63) is 30.3 Å². The van der Waals surface area contributed by atoms with Gasteiger partial charge in [0.05, 0.1) is 17.4 Å². The van der Waals surface area contributed by atoms with E-state index in [9.17, 15) is 5.11 Å². The number of para-hydroxylation sites is 1. The number of piperazine rings is 2. The Kier molecular flexibility index (Phi) is 7.23. The predicted molar refractivity (Wildman–Crippen MR) is 144 cm³/mol. The van der Waals surface area contributed by atoms with Crippen LogP contribution >= 0.6 is 0 Å². The second-order valence-electron chi connectivity index (χ2n) is 10.7. The van der Waals surface area contributed by atoms with Crippen molar-refractivity contribution in [3.8, 4) is 17.0 Å². The Morgan fingerprint density at radius 1 is 0.889 bits per heavy atom. The van der Waals surface area contributed by atoms with Gasteiger partial charge in [-0.25, -0.2) is 0 Å². The summed E-state index contributed by atoms with van der Waals surface area (Å²) in [6.45, 7) is 13.8. The van der Waals surface area contributed by atoms with Crippen molar-refractivity contribution in [2.24, 2.45) is 0 Å². The number of phenols is 1. The molecule has 0 spiro atoms. The monoisotopic (exact) mass is 492 g/mol. The summed E-state index contributed by atoms with van der Waals surface area (Å²) in [7, 11) is 0. The Balaban J connectivity index is 1.02. The molecule has 3 N–H and O–H groups in total. The second-order valence-corrected chi connectivity index (χ2v) is 10.7. The first-order valence-electron chi connectivity index (χ1n) is 13.8. The number of aromatic nitrogens is 2. The zero-order chi connectivity index (χ0) is 24.3. The Labute approximate surface area is 214 Å². The van der Waals surface area contributed by atoms with E-state index in [4.69, 9.17) is 0 Å². The van der Waals surface area contributed by atoms with Crippen LogP contribution in [0.5, 0.6) is 5.75 Å². The molecule has 0 aliphatic carbocycles.